The van der Waals surface area contributed by atoms with E-state index in [2.05, 4.69) is 0 Å². The van der Waals surface area contributed by atoms with Gasteiger partial charge in [0, 0.05) is 42.3 Å². The van der Waals surface area contributed by atoms with Gasteiger partial charge in [-0.3, -0.25) is 9.59 Å². The minimum atomic E-state index is -0.239. The van der Waals surface area contributed by atoms with Gasteiger partial charge in [0.2, 0.25) is 5.91 Å². The topological polar surface area (TPSA) is 86.2 Å². The van der Waals surface area contributed by atoms with Gasteiger partial charge >= 0.3 is 0 Å². The number of halogens is 2. The lowest BCUT2D eigenvalue weighted by Crippen LogP contribution is -2.33. The number of carbonyl (C=O) groups is 1. The second kappa shape index (κ2) is 10.2. The Kier molecular flexibility index (Phi) is 7.26. The third-order valence-electron chi connectivity index (χ3n) is 6.04. The first-order chi connectivity index (χ1) is 16.4. The summed E-state index contributed by atoms with van der Waals surface area (Å²) in [5.74, 6) is 0.0190. The van der Waals surface area contributed by atoms with E-state index >= 15 is 0 Å². The van der Waals surface area contributed by atoms with E-state index in [9.17, 15) is 9.59 Å². The van der Waals surface area contributed by atoms with Crippen molar-refractivity contribution in [1.29, 1.82) is 0 Å². The molecule has 0 fully saturated rings. The monoisotopic (exact) mass is 499 g/mol. The first-order valence-electron chi connectivity index (χ1n) is 11.3. The third-order valence-corrected chi connectivity index (χ3v) is 6.76. The molecule has 2 N–H and O–H groups in total. The molecule has 0 spiro atoms. The molecule has 4 rings (SSSR count). The molecule has 7 nitrogen and oxygen atoms in total. The highest BCUT2D eigenvalue weighted by Crippen LogP contribution is 2.31. The number of carbonyl (C=O) groups excluding carboxylic acids is 1. The van der Waals surface area contributed by atoms with Crippen molar-refractivity contribution in [2.24, 2.45) is 5.73 Å². The summed E-state index contributed by atoms with van der Waals surface area (Å²) in [6, 6.07) is 11.0. The van der Waals surface area contributed by atoms with Crippen molar-refractivity contribution in [2.45, 2.75) is 33.4 Å². The van der Waals surface area contributed by atoms with Crippen LogP contribution in [0.5, 0.6) is 0 Å². The smallest absolute Gasteiger partial charge is 0.277 e. The third kappa shape index (κ3) is 4.43. The molecule has 0 radical (unpaired) electrons. The van der Waals surface area contributed by atoms with Gasteiger partial charge in [0.25, 0.3) is 5.56 Å². The number of hydrogen-bond acceptors (Lipinski definition) is 4. The lowest BCUT2D eigenvalue weighted by molar-refractivity contribution is -0.131. The molecule has 1 amide bonds. The summed E-state index contributed by atoms with van der Waals surface area (Å²) in [6.45, 7) is 6.25. The number of aromatic nitrogens is 3. The fourth-order valence-electron chi connectivity index (χ4n) is 4.27. The molecule has 0 saturated heterocycles. The van der Waals surface area contributed by atoms with Crippen molar-refractivity contribution in [3.05, 3.63) is 63.0 Å². The molecule has 2 heterocycles. The summed E-state index contributed by atoms with van der Waals surface area (Å²) >= 11 is 12.5. The zero-order chi connectivity index (χ0) is 24.4. The van der Waals surface area contributed by atoms with Crippen LogP contribution in [-0.4, -0.2) is 44.6 Å². The average molecular weight is 500 g/mol. The highest BCUT2D eigenvalue weighted by molar-refractivity contribution is 6.42. The summed E-state index contributed by atoms with van der Waals surface area (Å²) in [5.41, 5.74) is 8.50. The number of fused-ring (bicyclic) bond motifs is 2. The number of hydrogen-bond donors (Lipinski definition) is 1. The van der Waals surface area contributed by atoms with Crippen LogP contribution in [0.15, 0.2) is 47.4 Å². The summed E-state index contributed by atoms with van der Waals surface area (Å²) in [4.78, 5) is 33.0. The maximum atomic E-state index is 13.7. The average Bonchev–Trinajstić information content (AvgIpc) is 3.18. The molecule has 0 atom stereocenters. The van der Waals surface area contributed by atoms with Gasteiger partial charge in [-0.15, -0.1) is 0 Å². The van der Waals surface area contributed by atoms with Crippen LogP contribution < -0.4 is 11.3 Å². The number of likely N-dealkylation sites (N-methyl/N-ethyl adjacent to an activating group) is 1. The normalized spacial score (nSPS) is 11.4. The number of para-hydroxylation sites is 1. The predicted octanol–water partition coefficient (Wildman–Crippen LogP) is 4.54. The van der Waals surface area contributed by atoms with Crippen LogP contribution in [0.1, 0.15) is 20.3 Å². The SMILES string of the molecule is CCN(CC)C(=O)Cn1cc(-c2nc3cc(Cl)c(Cl)cc3n(CCCN)c2=O)c2ccccc21. The van der Waals surface area contributed by atoms with Crippen LogP contribution in [0.2, 0.25) is 10.0 Å². The molecule has 0 aliphatic heterocycles. The van der Waals surface area contributed by atoms with Crippen LogP contribution in [-0.2, 0) is 17.9 Å². The molecular weight excluding hydrogens is 473 g/mol. The summed E-state index contributed by atoms with van der Waals surface area (Å²) < 4.78 is 3.54. The van der Waals surface area contributed by atoms with Crippen molar-refractivity contribution in [1.82, 2.24) is 19.0 Å². The second-order valence-electron chi connectivity index (χ2n) is 8.07. The zero-order valence-corrected chi connectivity index (χ0v) is 20.7. The minimum Gasteiger partial charge on any atom is -0.342 e. The van der Waals surface area contributed by atoms with Gasteiger partial charge in [0.1, 0.15) is 12.2 Å². The van der Waals surface area contributed by atoms with Gasteiger partial charge in [0.15, 0.2) is 0 Å². The molecule has 0 bridgehead atoms. The van der Waals surface area contributed by atoms with E-state index in [4.69, 9.17) is 33.9 Å². The number of benzene rings is 2. The molecule has 34 heavy (non-hydrogen) atoms. The van der Waals surface area contributed by atoms with E-state index in [1.807, 2.05) is 48.9 Å². The zero-order valence-electron chi connectivity index (χ0n) is 19.2. The van der Waals surface area contributed by atoms with Gasteiger partial charge in [0.05, 0.1) is 21.1 Å². The number of nitrogens with zero attached hydrogens (tertiary/aromatic N) is 4. The Hall–Kier alpha value is -2.87. The van der Waals surface area contributed by atoms with Crippen LogP contribution in [0, 0.1) is 0 Å². The molecule has 2 aromatic heterocycles. The number of nitrogens with two attached hydrogens (primary N) is 1. The van der Waals surface area contributed by atoms with Crippen molar-refractivity contribution < 1.29 is 4.79 Å². The van der Waals surface area contributed by atoms with Crippen molar-refractivity contribution in [3.8, 4) is 11.3 Å². The van der Waals surface area contributed by atoms with Gasteiger partial charge in [-0.25, -0.2) is 4.98 Å². The second-order valence-corrected chi connectivity index (χ2v) is 8.88. The Morgan fingerprint density at radius 2 is 1.79 bits per heavy atom. The molecule has 0 unspecified atom stereocenters. The van der Waals surface area contributed by atoms with E-state index in [1.165, 1.54) is 0 Å². The maximum absolute atomic E-state index is 13.7. The Morgan fingerprint density at radius 1 is 1.09 bits per heavy atom. The molecule has 0 aliphatic rings. The number of rotatable bonds is 8. The first-order valence-corrected chi connectivity index (χ1v) is 12.1. The summed E-state index contributed by atoms with van der Waals surface area (Å²) in [5, 5.41) is 1.57. The summed E-state index contributed by atoms with van der Waals surface area (Å²) in [7, 11) is 0. The van der Waals surface area contributed by atoms with E-state index in [1.54, 1.807) is 21.6 Å². The number of amides is 1. The standard InChI is InChI=1S/C25H27Cl2N5O2/c1-3-30(4-2)23(33)15-31-14-17(16-8-5-6-9-21(16)31)24-25(34)32(11-7-10-28)22-13-19(27)18(26)12-20(22)29-24/h5-6,8-9,12-14H,3-4,7,10-11,15,28H2,1-2H3. The molecule has 178 valence electrons. The Balaban J connectivity index is 1.94. The largest absolute Gasteiger partial charge is 0.342 e. The van der Waals surface area contributed by atoms with Crippen LogP contribution in [0.3, 0.4) is 0 Å². The molecule has 2 aromatic carbocycles. The lowest BCUT2D eigenvalue weighted by atomic mass is 10.1. The highest BCUT2D eigenvalue weighted by Gasteiger charge is 2.20. The van der Waals surface area contributed by atoms with Gasteiger partial charge in [-0.05, 0) is 45.0 Å². The molecule has 0 saturated carbocycles. The first kappa shape index (κ1) is 24.3. The Morgan fingerprint density at radius 3 is 2.50 bits per heavy atom. The van der Waals surface area contributed by atoms with Crippen molar-refractivity contribution in [2.75, 3.05) is 19.6 Å². The van der Waals surface area contributed by atoms with Gasteiger partial charge < -0.3 is 19.8 Å². The Labute approximate surface area is 207 Å². The maximum Gasteiger partial charge on any atom is 0.277 e. The van der Waals surface area contributed by atoms with Crippen molar-refractivity contribution >= 4 is 51.0 Å². The van der Waals surface area contributed by atoms with E-state index in [0.717, 1.165) is 10.9 Å². The molecule has 4 aromatic rings. The quantitative estimate of drug-likeness (QED) is 0.385. The lowest BCUT2D eigenvalue weighted by Gasteiger charge is -2.19. The van der Waals surface area contributed by atoms with Gasteiger partial charge in [-0.1, -0.05) is 41.4 Å². The molecule has 9 heteroatoms. The Bertz CT molecular complexity index is 1420. The highest BCUT2D eigenvalue weighted by atomic mass is 35.5. The number of aryl methyl sites for hydroxylation is 1. The minimum absolute atomic E-state index is 0.0190. The van der Waals surface area contributed by atoms with E-state index in [0.29, 0.717) is 64.9 Å². The van der Waals surface area contributed by atoms with Crippen LogP contribution in [0.4, 0.5) is 0 Å². The van der Waals surface area contributed by atoms with Crippen molar-refractivity contribution in [3.63, 3.8) is 0 Å². The summed E-state index contributed by atoms with van der Waals surface area (Å²) in [6.07, 6.45) is 2.46. The molecular formula is C25H27Cl2N5O2. The fraction of sp³-hybridized carbons (Fsp3) is 0.320. The van der Waals surface area contributed by atoms with Crippen LogP contribution in [0.25, 0.3) is 33.2 Å². The van der Waals surface area contributed by atoms with Gasteiger partial charge in [-0.2, -0.15) is 0 Å². The van der Waals surface area contributed by atoms with Crippen LogP contribution >= 0.6 is 23.2 Å². The predicted molar refractivity (Wildman–Crippen MR) is 139 cm³/mol. The fourth-order valence-corrected chi connectivity index (χ4v) is 4.59. The van der Waals surface area contributed by atoms with E-state index < -0.39 is 0 Å². The molecule has 0 aliphatic carbocycles. The van der Waals surface area contributed by atoms with E-state index in [-0.39, 0.29) is 18.0 Å².